The summed E-state index contributed by atoms with van der Waals surface area (Å²) in [6.45, 7) is 0. The average Bonchev–Trinajstić information content (AvgIpc) is 2.97. The van der Waals surface area contributed by atoms with E-state index >= 15 is 0 Å². The number of benzene rings is 2. The van der Waals surface area contributed by atoms with E-state index in [2.05, 4.69) is 10.4 Å². The molecule has 0 radical (unpaired) electrons. The molecule has 1 amide bonds. The number of carbonyl (C=O) groups excluding carboxylic acids is 1. The number of rotatable bonds is 4. The first-order chi connectivity index (χ1) is 11.6. The van der Waals surface area contributed by atoms with Crippen molar-refractivity contribution in [2.45, 2.75) is 0 Å². The lowest BCUT2D eigenvalue weighted by Gasteiger charge is -2.05. The van der Waals surface area contributed by atoms with Crippen LogP contribution in [-0.2, 0) is 7.05 Å². The van der Waals surface area contributed by atoms with E-state index in [4.69, 9.17) is 4.74 Å². The minimum Gasteiger partial charge on any atom is -0.497 e. The maximum absolute atomic E-state index is 13.4. The molecule has 6 heteroatoms. The Kier molecular flexibility index (Phi) is 4.29. The van der Waals surface area contributed by atoms with Gasteiger partial charge in [-0.25, -0.2) is 4.39 Å². The molecule has 0 aliphatic rings. The molecule has 3 rings (SSSR count). The van der Waals surface area contributed by atoms with Crippen LogP contribution in [0, 0.1) is 5.82 Å². The molecule has 3 aromatic rings. The molecule has 0 unspecified atom stereocenters. The van der Waals surface area contributed by atoms with Crippen molar-refractivity contribution in [1.29, 1.82) is 0 Å². The number of methoxy groups -OCH3 is 1. The Morgan fingerprint density at radius 1 is 1.17 bits per heavy atom. The first kappa shape index (κ1) is 15.7. The molecule has 0 fully saturated rings. The molecule has 0 aliphatic heterocycles. The van der Waals surface area contributed by atoms with Crippen LogP contribution in [-0.4, -0.2) is 22.8 Å². The molecule has 0 aliphatic carbocycles. The molecule has 1 heterocycles. The van der Waals surface area contributed by atoms with E-state index in [9.17, 15) is 9.18 Å². The monoisotopic (exact) mass is 325 g/mol. The number of nitrogens with one attached hydrogen (secondary N) is 1. The van der Waals surface area contributed by atoms with Gasteiger partial charge in [-0.3, -0.25) is 9.48 Å². The summed E-state index contributed by atoms with van der Waals surface area (Å²) >= 11 is 0. The zero-order valence-electron chi connectivity index (χ0n) is 13.3. The van der Waals surface area contributed by atoms with Gasteiger partial charge in [-0.2, -0.15) is 5.10 Å². The summed E-state index contributed by atoms with van der Waals surface area (Å²) in [7, 11) is 3.27. The quantitative estimate of drug-likeness (QED) is 0.799. The van der Waals surface area contributed by atoms with E-state index in [1.807, 2.05) is 0 Å². The van der Waals surface area contributed by atoms with Crippen LogP contribution in [0.25, 0.3) is 11.3 Å². The number of hydrogen-bond donors (Lipinski definition) is 1. The largest absolute Gasteiger partial charge is 0.497 e. The molecule has 5 nitrogen and oxygen atoms in total. The van der Waals surface area contributed by atoms with Gasteiger partial charge in [0.25, 0.3) is 5.91 Å². The van der Waals surface area contributed by atoms with Gasteiger partial charge in [0.05, 0.1) is 12.8 Å². The van der Waals surface area contributed by atoms with E-state index in [0.717, 1.165) is 0 Å². The fourth-order valence-corrected chi connectivity index (χ4v) is 2.39. The fourth-order valence-electron chi connectivity index (χ4n) is 2.39. The minimum atomic E-state index is -0.346. The first-order valence-corrected chi connectivity index (χ1v) is 7.32. The Morgan fingerprint density at radius 3 is 2.71 bits per heavy atom. The van der Waals surface area contributed by atoms with Gasteiger partial charge < -0.3 is 10.1 Å². The number of hydrogen-bond acceptors (Lipinski definition) is 3. The van der Waals surface area contributed by atoms with Crippen molar-refractivity contribution < 1.29 is 13.9 Å². The lowest BCUT2D eigenvalue weighted by atomic mass is 10.1. The third kappa shape index (κ3) is 3.27. The van der Waals surface area contributed by atoms with Crippen LogP contribution in [0.5, 0.6) is 5.75 Å². The van der Waals surface area contributed by atoms with Crippen molar-refractivity contribution in [2.24, 2.45) is 7.05 Å². The second-order valence-corrected chi connectivity index (χ2v) is 5.23. The summed E-state index contributed by atoms with van der Waals surface area (Å²) in [5, 5.41) is 6.97. The van der Waals surface area contributed by atoms with E-state index < -0.39 is 0 Å². The highest BCUT2D eigenvalue weighted by Crippen LogP contribution is 2.22. The van der Waals surface area contributed by atoms with Crippen molar-refractivity contribution in [3.8, 4) is 17.0 Å². The summed E-state index contributed by atoms with van der Waals surface area (Å²) in [4.78, 5) is 12.4. The van der Waals surface area contributed by atoms with Crippen LogP contribution in [0.1, 0.15) is 10.5 Å². The van der Waals surface area contributed by atoms with Crippen molar-refractivity contribution in [3.05, 3.63) is 66.1 Å². The fraction of sp³-hybridized carbons (Fsp3) is 0.111. The highest BCUT2D eigenvalue weighted by Gasteiger charge is 2.14. The smallest absolute Gasteiger partial charge is 0.276 e. The molecule has 1 N–H and O–H groups in total. The summed E-state index contributed by atoms with van der Waals surface area (Å²) in [5.74, 6) is -0.0353. The zero-order valence-corrected chi connectivity index (χ0v) is 13.3. The van der Waals surface area contributed by atoms with Gasteiger partial charge >= 0.3 is 0 Å². The Balaban J connectivity index is 1.85. The summed E-state index contributed by atoms with van der Waals surface area (Å²) < 4.78 is 20.1. The van der Waals surface area contributed by atoms with Crippen LogP contribution in [0.15, 0.2) is 54.6 Å². The molecule has 122 valence electrons. The van der Waals surface area contributed by atoms with Crippen molar-refractivity contribution >= 4 is 11.6 Å². The Morgan fingerprint density at radius 2 is 1.96 bits per heavy atom. The highest BCUT2D eigenvalue weighted by atomic mass is 19.1. The molecule has 24 heavy (non-hydrogen) atoms. The molecule has 2 aromatic carbocycles. The van der Waals surface area contributed by atoms with Crippen molar-refractivity contribution in [2.75, 3.05) is 12.4 Å². The Bertz CT molecular complexity index is 889. The highest BCUT2D eigenvalue weighted by molar-refractivity contribution is 6.03. The van der Waals surface area contributed by atoms with E-state index in [-0.39, 0.29) is 17.4 Å². The number of anilines is 1. The predicted molar refractivity (Wildman–Crippen MR) is 89.5 cm³/mol. The predicted octanol–water partition coefficient (Wildman–Crippen LogP) is 3.49. The van der Waals surface area contributed by atoms with Gasteiger partial charge in [0.1, 0.15) is 11.6 Å². The Labute approximate surface area is 138 Å². The lowest BCUT2D eigenvalue weighted by Crippen LogP contribution is -2.13. The second kappa shape index (κ2) is 6.54. The molecule has 1 aromatic heterocycles. The zero-order chi connectivity index (χ0) is 17.1. The first-order valence-electron chi connectivity index (χ1n) is 7.32. The number of nitrogens with zero attached hydrogens (tertiary/aromatic N) is 2. The molecule has 0 saturated carbocycles. The van der Waals surface area contributed by atoms with Crippen LogP contribution in [0.3, 0.4) is 0 Å². The maximum atomic E-state index is 13.4. The molecule has 0 atom stereocenters. The van der Waals surface area contributed by atoms with Gasteiger partial charge in [-0.1, -0.05) is 18.2 Å². The molecule has 0 saturated heterocycles. The number of halogens is 1. The molecular weight excluding hydrogens is 309 g/mol. The number of aryl methyl sites for hydroxylation is 1. The number of aromatic nitrogens is 2. The summed E-state index contributed by atoms with van der Waals surface area (Å²) in [6.07, 6.45) is 0. The van der Waals surface area contributed by atoms with Gasteiger partial charge in [-0.05, 0) is 30.3 Å². The molecular formula is C18H16FN3O2. The second-order valence-electron chi connectivity index (χ2n) is 5.23. The number of amides is 1. The number of carbonyl (C=O) groups is 1. The van der Waals surface area contributed by atoms with Crippen molar-refractivity contribution in [1.82, 2.24) is 9.78 Å². The summed E-state index contributed by atoms with van der Waals surface area (Å²) in [6, 6.07) is 14.8. The van der Waals surface area contributed by atoms with Gasteiger partial charge in [-0.15, -0.1) is 0 Å². The summed E-state index contributed by atoms with van der Waals surface area (Å²) in [5.41, 5.74) is 2.17. The molecule has 0 bridgehead atoms. The van der Waals surface area contributed by atoms with Crippen LogP contribution in [0.2, 0.25) is 0 Å². The standard InChI is InChI=1S/C18H16FN3O2/c1-22-17(12-5-3-6-13(19)9-12)11-16(21-22)18(23)20-14-7-4-8-15(10-14)24-2/h3-11H,1-2H3,(H,20,23). The third-order valence-electron chi connectivity index (χ3n) is 3.56. The van der Waals surface area contributed by atoms with Gasteiger partial charge in [0, 0.05) is 24.4 Å². The number of ether oxygens (including phenoxy) is 1. The van der Waals surface area contributed by atoms with Gasteiger partial charge in [0.15, 0.2) is 5.69 Å². The van der Waals surface area contributed by atoms with E-state index in [1.54, 1.807) is 61.3 Å². The van der Waals surface area contributed by atoms with Crippen molar-refractivity contribution in [3.63, 3.8) is 0 Å². The third-order valence-corrected chi connectivity index (χ3v) is 3.56. The van der Waals surface area contributed by atoms with Crippen LogP contribution in [0.4, 0.5) is 10.1 Å². The lowest BCUT2D eigenvalue weighted by molar-refractivity contribution is 0.102. The molecule has 0 spiro atoms. The SMILES string of the molecule is COc1cccc(NC(=O)c2cc(-c3cccc(F)c3)n(C)n2)c1. The van der Waals surface area contributed by atoms with Gasteiger partial charge in [0.2, 0.25) is 0 Å². The van der Waals surface area contributed by atoms with Crippen LogP contribution >= 0.6 is 0 Å². The average molecular weight is 325 g/mol. The normalized spacial score (nSPS) is 10.5. The van der Waals surface area contributed by atoms with E-state index in [1.165, 1.54) is 12.1 Å². The van der Waals surface area contributed by atoms with Crippen LogP contribution < -0.4 is 10.1 Å². The van der Waals surface area contributed by atoms with E-state index in [0.29, 0.717) is 22.7 Å². The Hall–Kier alpha value is -3.15. The topological polar surface area (TPSA) is 56.1 Å². The maximum Gasteiger partial charge on any atom is 0.276 e. The minimum absolute atomic E-state index is 0.250.